The Kier molecular flexibility index (Phi) is 5.92. The summed E-state index contributed by atoms with van der Waals surface area (Å²) in [7, 11) is 0. The van der Waals surface area contributed by atoms with Crippen molar-refractivity contribution in [3.05, 3.63) is 14.4 Å². The first-order chi connectivity index (χ1) is 7.99. The first kappa shape index (κ1) is 15.0. The number of hydrogen-bond acceptors (Lipinski definition) is 3. The molecule has 3 nitrogen and oxygen atoms in total. The van der Waals surface area contributed by atoms with E-state index >= 15 is 0 Å². The van der Waals surface area contributed by atoms with Gasteiger partial charge in [-0.25, -0.2) is 4.98 Å². The Balaban J connectivity index is 3.13. The largest absolute Gasteiger partial charge is 0.341 e. The first-order valence-electron chi connectivity index (χ1n) is 5.96. The van der Waals surface area contributed by atoms with Crippen LogP contribution in [0.1, 0.15) is 33.4 Å². The average Bonchev–Trinajstić information content (AvgIpc) is 2.26. The second-order valence-electron chi connectivity index (χ2n) is 4.35. The van der Waals surface area contributed by atoms with Gasteiger partial charge in [0.05, 0.1) is 9.26 Å². The number of nitrogens with zero attached hydrogens (tertiary/aromatic N) is 3. The number of rotatable bonds is 5. The van der Waals surface area contributed by atoms with E-state index in [1.165, 1.54) is 0 Å². The van der Waals surface area contributed by atoms with Crippen molar-refractivity contribution in [2.24, 2.45) is 5.92 Å². The molecule has 0 saturated carbocycles. The van der Waals surface area contributed by atoms with Gasteiger partial charge in [-0.15, -0.1) is 0 Å². The molecule has 0 spiro atoms. The zero-order chi connectivity index (χ0) is 13.0. The van der Waals surface area contributed by atoms with E-state index in [1.54, 1.807) is 0 Å². The van der Waals surface area contributed by atoms with Crippen LogP contribution in [0.25, 0.3) is 0 Å². The molecule has 96 valence electrons. The van der Waals surface area contributed by atoms with Gasteiger partial charge in [0.2, 0.25) is 5.95 Å². The minimum absolute atomic E-state index is 0.568. The number of anilines is 1. The molecule has 0 saturated heterocycles. The minimum Gasteiger partial charge on any atom is -0.341 e. The lowest BCUT2D eigenvalue weighted by Crippen LogP contribution is -2.25. The lowest BCUT2D eigenvalue weighted by atomic mass is 10.1. The van der Waals surface area contributed by atoms with Crippen LogP contribution >= 0.6 is 34.2 Å². The van der Waals surface area contributed by atoms with Gasteiger partial charge in [0, 0.05) is 13.1 Å². The van der Waals surface area contributed by atoms with E-state index < -0.39 is 0 Å². The van der Waals surface area contributed by atoms with Crippen molar-refractivity contribution in [2.75, 3.05) is 18.0 Å². The number of halogens is 2. The van der Waals surface area contributed by atoms with Crippen LogP contribution in [0.3, 0.4) is 0 Å². The van der Waals surface area contributed by atoms with Crippen molar-refractivity contribution in [1.82, 2.24) is 9.97 Å². The first-order valence-corrected chi connectivity index (χ1v) is 7.42. The lowest BCUT2D eigenvalue weighted by Gasteiger charge is -2.20. The summed E-state index contributed by atoms with van der Waals surface area (Å²) in [4.78, 5) is 11.1. The number of hydrogen-bond donors (Lipinski definition) is 0. The Labute approximate surface area is 122 Å². The van der Waals surface area contributed by atoms with Crippen LogP contribution in [0.2, 0.25) is 5.15 Å². The third kappa shape index (κ3) is 3.95. The van der Waals surface area contributed by atoms with E-state index in [-0.39, 0.29) is 0 Å². The molecule has 0 unspecified atom stereocenters. The van der Waals surface area contributed by atoms with Crippen molar-refractivity contribution in [1.29, 1.82) is 0 Å². The molecular weight excluding hydrogens is 349 g/mol. The van der Waals surface area contributed by atoms with Crippen LogP contribution < -0.4 is 4.90 Å². The molecule has 1 aromatic heterocycles. The zero-order valence-corrected chi connectivity index (χ0v) is 13.7. The highest BCUT2D eigenvalue weighted by Gasteiger charge is 2.14. The topological polar surface area (TPSA) is 29.0 Å². The van der Waals surface area contributed by atoms with E-state index in [1.807, 2.05) is 0 Å². The zero-order valence-electron chi connectivity index (χ0n) is 10.8. The molecular formula is C12H19ClIN3. The quantitative estimate of drug-likeness (QED) is 0.586. The predicted octanol–water partition coefficient (Wildman–Crippen LogP) is 3.78. The van der Waals surface area contributed by atoms with Crippen LogP contribution in [-0.2, 0) is 6.42 Å². The standard InChI is InChI=1S/C12H19ClIN3/c1-5-17(6-2)12-15-9(7-8(3)4)10(14)11(13)16-12/h8H,5-7H2,1-4H3. The second kappa shape index (κ2) is 6.73. The summed E-state index contributed by atoms with van der Waals surface area (Å²) in [6.45, 7) is 10.4. The van der Waals surface area contributed by atoms with Gasteiger partial charge in [0.25, 0.3) is 0 Å². The highest BCUT2D eigenvalue weighted by Crippen LogP contribution is 2.24. The van der Waals surface area contributed by atoms with Gasteiger partial charge in [-0.05, 0) is 48.8 Å². The smallest absolute Gasteiger partial charge is 0.227 e. The molecule has 0 N–H and O–H groups in total. The van der Waals surface area contributed by atoms with Gasteiger partial charge >= 0.3 is 0 Å². The van der Waals surface area contributed by atoms with Crippen LogP contribution in [0.4, 0.5) is 5.95 Å². The summed E-state index contributed by atoms with van der Waals surface area (Å²) in [5.74, 6) is 1.31. The van der Waals surface area contributed by atoms with E-state index in [9.17, 15) is 0 Å². The molecule has 0 atom stereocenters. The van der Waals surface area contributed by atoms with E-state index in [4.69, 9.17) is 11.6 Å². The van der Waals surface area contributed by atoms with E-state index in [0.29, 0.717) is 11.1 Å². The third-order valence-electron chi connectivity index (χ3n) is 2.52. The Bertz CT molecular complexity index is 378. The van der Waals surface area contributed by atoms with Gasteiger partial charge < -0.3 is 4.90 Å². The van der Waals surface area contributed by atoms with Crippen LogP contribution in [0, 0.1) is 9.49 Å². The molecule has 0 aliphatic heterocycles. The monoisotopic (exact) mass is 367 g/mol. The Morgan fingerprint density at radius 3 is 2.29 bits per heavy atom. The summed E-state index contributed by atoms with van der Waals surface area (Å²) in [6.07, 6.45) is 0.939. The Hall–Kier alpha value is -0.100. The molecule has 5 heteroatoms. The molecule has 0 aromatic carbocycles. The lowest BCUT2D eigenvalue weighted by molar-refractivity contribution is 0.629. The molecule has 1 rings (SSSR count). The summed E-state index contributed by atoms with van der Waals surface area (Å²) in [6, 6.07) is 0. The third-order valence-corrected chi connectivity index (χ3v) is 4.24. The predicted molar refractivity (Wildman–Crippen MR) is 81.9 cm³/mol. The molecule has 0 bridgehead atoms. The van der Waals surface area contributed by atoms with Crippen molar-refractivity contribution in [3.63, 3.8) is 0 Å². The molecule has 1 aromatic rings. The molecule has 0 fully saturated rings. The highest BCUT2D eigenvalue weighted by molar-refractivity contribution is 14.1. The molecule has 0 amide bonds. The molecule has 17 heavy (non-hydrogen) atoms. The maximum atomic E-state index is 6.18. The fourth-order valence-electron chi connectivity index (χ4n) is 1.62. The Morgan fingerprint density at radius 1 is 1.24 bits per heavy atom. The molecule has 0 aliphatic carbocycles. The normalized spacial score (nSPS) is 11.0. The molecule has 1 heterocycles. The SMILES string of the molecule is CCN(CC)c1nc(Cl)c(I)c(CC(C)C)n1. The average molecular weight is 368 g/mol. The van der Waals surface area contributed by atoms with Gasteiger partial charge in [-0.1, -0.05) is 25.4 Å². The van der Waals surface area contributed by atoms with Crippen LogP contribution in [0.15, 0.2) is 0 Å². The second-order valence-corrected chi connectivity index (χ2v) is 5.78. The maximum absolute atomic E-state index is 6.18. The van der Waals surface area contributed by atoms with Gasteiger partial charge in [0.1, 0.15) is 5.15 Å². The van der Waals surface area contributed by atoms with Gasteiger partial charge in [0.15, 0.2) is 0 Å². The van der Waals surface area contributed by atoms with Crippen LogP contribution in [0.5, 0.6) is 0 Å². The van der Waals surface area contributed by atoms with Crippen molar-refractivity contribution >= 4 is 40.1 Å². The van der Waals surface area contributed by atoms with Gasteiger partial charge in [-0.3, -0.25) is 0 Å². The summed E-state index contributed by atoms with van der Waals surface area (Å²) >= 11 is 8.40. The Morgan fingerprint density at radius 2 is 1.82 bits per heavy atom. The summed E-state index contributed by atoms with van der Waals surface area (Å²) in [5, 5.41) is 0.568. The van der Waals surface area contributed by atoms with Crippen molar-refractivity contribution in [2.45, 2.75) is 34.1 Å². The van der Waals surface area contributed by atoms with Gasteiger partial charge in [-0.2, -0.15) is 4.98 Å². The highest BCUT2D eigenvalue weighted by atomic mass is 127. The molecule has 0 radical (unpaired) electrons. The van der Waals surface area contributed by atoms with Crippen LogP contribution in [-0.4, -0.2) is 23.1 Å². The minimum atomic E-state index is 0.568. The fraction of sp³-hybridized carbons (Fsp3) is 0.667. The maximum Gasteiger partial charge on any atom is 0.227 e. The fourth-order valence-corrected chi connectivity index (χ4v) is 2.27. The summed E-state index contributed by atoms with van der Waals surface area (Å²) in [5.41, 5.74) is 1.06. The van der Waals surface area contributed by atoms with E-state index in [2.05, 4.69) is 65.2 Å². The van der Waals surface area contributed by atoms with Crippen molar-refractivity contribution < 1.29 is 0 Å². The van der Waals surface area contributed by atoms with E-state index in [0.717, 1.165) is 34.7 Å². The van der Waals surface area contributed by atoms with Crippen molar-refractivity contribution in [3.8, 4) is 0 Å². The summed E-state index contributed by atoms with van der Waals surface area (Å²) < 4.78 is 0.980. The number of aromatic nitrogens is 2. The molecule has 0 aliphatic rings.